The third-order valence-corrected chi connectivity index (χ3v) is 5.29. The molecule has 2 aromatic rings. The number of aromatic hydroxyl groups is 1. The van der Waals surface area contributed by atoms with Gasteiger partial charge in [-0.3, -0.25) is 0 Å². The van der Waals surface area contributed by atoms with E-state index < -0.39 is 11.7 Å². The third-order valence-electron chi connectivity index (χ3n) is 5.29. The molecule has 0 bridgehead atoms. The normalized spacial score (nSPS) is 27.9. The highest BCUT2D eigenvalue weighted by molar-refractivity contribution is 5.60. The van der Waals surface area contributed by atoms with Crippen molar-refractivity contribution < 1.29 is 24.4 Å². The molecule has 0 aliphatic carbocycles. The number of hydrogen-bond donors (Lipinski definition) is 2. The van der Waals surface area contributed by atoms with Crippen LogP contribution in [0.4, 0.5) is 0 Å². The number of phenols is 1. The van der Waals surface area contributed by atoms with Crippen LogP contribution < -0.4 is 14.2 Å². The van der Waals surface area contributed by atoms with Crippen LogP contribution in [0.2, 0.25) is 0 Å². The number of fused-ring (bicyclic) bond motifs is 7. The minimum absolute atomic E-state index is 0.0668. The van der Waals surface area contributed by atoms with E-state index in [4.69, 9.17) is 14.2 Å². The van der Waals surface area contributed by atoms with Gasteiger partial charge in [0.1, 0.15) is 35.7 Å². The van der Waals surface area contributed by atoms with Crippen molar-refractivity contribution in [2.45, 2.75) is 31.2 Å². The molecule has 3 heterocycles. The van der Waals surface area contributed by atoms with Gasteiger partial charge < -0.3 is 24.4 Å². The second-order valence-corrected chi connectivity index (χ2v) is 7.01. The Morgan fingerprint density at radius 2 is 2.04 bits per heavy atom. The number of ether oxygens (including phenoxy) is 3. The van der Waals surface area contributed by atoms with Crippen LogP contribution in [0.25, 0.3) is 0 Å². The number of hydrogen-bond acceptors (Lipinski definition) is 5. The first-order valence-corrected chi connectivity index (χ1v) is 8.30. The summed E-state index contributed by atoms with van der Waals surface area (Å²) in [5.74, 6) is 2.12. The largest absolute Gasteiger partial charge is 0.508 e. The molecule has 25 heavy (non-hydrogen) atoms. The average molecular weight is 338 g/mol. The molecule has 0 saturated carbocycles. The van der Waals surface area contributed by atoms with Crippen LogP contribution in [0.3, 0.4) is 0 Å². The molecule has 0 radical (unpaired) electrons. The van der Waals surface area contributed by atoms with Gasteiger partial charge >= 0.3 is 0 Å². The van der Waals surface area contributed by atoms with E-state index in [2.05, 4.69) is 6.58 Å². The molecule has 0 aromatic heterocycles. The number of rotatable bonds is 1. The standard InChI is InChI=1S/C20H18O5/c1-10(2)16-8-13-15(24-16)6-5-14-18(13)25-19-12-4-3-11(21)7-17(12)23-9-20(14,19)22/h3-7,16,19,21-22H,1,8-9H2,2H3/t16?,19-,20+/m0/s1. The first-order valence-electron chi connectivity index (χ1n) is 8.30. The SMILES string of the molecule is C=C(C)C1Cc2c(ccc3c2O[C@H]2c4ccc(O)cc4OC[C@@]32O)O1. The van der Waals surface area contributed by atoms with Gasteiger partial charge in [0.05, 0.1) is 0 Å². The maximum Gasteiger partial charge on any atom is 0.168 e. The van der Waals surface area contributed by atoms with Crippen LogP contribution in [0.1, 0.15) is 29.7 Å². The van der Waals surface area contributed by atoms with Crippen molar-refractivity contribution in [3.63, 3.8) is 0 Å². The summed E-state index contributed by atoms with van der Waals surface area (Å²) in [5, 5.41) is 21.0. The molecular weight excluding hydrogens is 320 g/mol. The van der Waals surface area contributed by atoms with Gasteiger partial charge in [-0.15, -0.1) is 0 Å². The molecule has 3 atom stereocenters. The fourth-order valence-corrected chi connectivity index (χ4v) is 3.93. The Morgan fingerprint density at radius 1 is 1.20 bits per heavy atom. The van der Waals surface area contributed by atoms with Gasteiger partial charge in [0.25, 0.3) is 0 Å². The maximum atomic E-state index is 11.3. The molecule has 128 valence electrons. The predicted octanol–water partition coefficient (Wildman–Crippen LogP) is 2.99. The highest BCUT2D eigenvalue weighted by Crippen LogP contribution is 2.57. The van der Waals surface area contributed by atoms with Crippen molar-refractivity contribution >= 4 is 0 Å². The van der Waals surface area contributed by atoms with E-state index in [1.165, 1.54) is 0 Å². The first-order chi connectivity index (χ1) is 12.0. The Labute approximate surface area is 145 Å². The summed E-state index contributed by atoms with van der Waals surface area (Å²) in [5.41, 5.74) is 2.13. The average Bonchev–Trinajstić information content (AvgIpc) is 3.14. The zero-order valence-electron chi connectivity index (χ0n) is 13.8. The summed E-state index contributed by atoms with van der Waals surface area (Å²) in [7, 11) is 0. The third kappa shape index (κ3) is 1.87. The number of phenolic OH excluding ortho intramolecular Hbond substituents is 1. The van der Waals surface area contributed by atoms with Crippen molar-refractivity contribution in [1.29, 1.82) is 0 Å². The first kappa shape index (κ1) is 14.7. The van der Waals surface area contributed by atoms with Gasteiger partial charge in [0.2, 0.25) is 0 Å². The second kappa shape index (κ2) is 4.70. The Balaban J connectivity index is 1.62. The Hall–Kier alpha value is -2.66. The maximum absolute atomic E-state index is 11.3. The molecule has 2 N–H and O–H groups in total. The second-order valence-electron chi connectivity index (χ2n) is 7.01. The highest BCUT2D eigenvalue weighted by atomic mass is 16.5. The Bertz CT molecular complexity index is 919. The number of aliphatic hydroxyl groups is 1. The molecule has 0 fully saturated rings. The van der Waals surface area contributed by atoms with Gasteiger partial charge in [-0.2, -0.15) is 0 Å². The quantitative estimate of drug-likeness (QED) is 0.783. The fourth-order valence-electron chi connectivity index (χ4n) is 3.93. The van der Waals surface area contributed by atoms with Crippen LogP contribution >= 0.6 is 0 Å². The lowest BCUT2D eigenvalue weighted by molar-refractivity contribution is -0.0864. The lowest BCUT2D eigenvalue weighted by Crippen LogP contribution is -2.41. The smallest absolute Gasteiger partial charge is 0.168 e. The monoisotopic (exact) mass is 338 g/mol. The summed E-state index contributed by atoms with van der Waals surface area (Å²) >= 11 is 0. The van der Waals surface area contributed by atoms with Crippen LogP contribution in [0, 0.1) is 0 Å². The zero-order chi connectivity index (χ0) is 17.3. The molecule has 2 aromatic carbocycles. The molecule has 3 aliphatic rings. The Kier molecular flexibility index (Phi) is 2.76. The van der Waals surface area contributed by atoms with E-state index >= 15 is 0 Å². The van der Waals surface area contributed by atoms with E-state index in [0.717, 1.165) is 28.0 Å². The lowest BCUT2D eigenvalue weighted by atomic mass is 9.84. The Morgan fingerprint density at radius 3 is 2.84 bits per heavy atom. The molecule has 5 rings (SSSR count). The molecule has 0 saturated heterocycles. The minimum atomic E-state index is -1.25. The summed E-state index contributed by atoms with van der Waals surface area (Å²) < 4.78 is 17.9. The summed E-state index contributed by atoms with van der Waals surface area (Å²) in [6.45, 7) is 6.00. The molecule has 5 nitrogen and oxygen atoms in total. The molecule has 1 unspecified atom stereocenters. The highest BCUT2D eigenvalue weighted by Gasteiger charge is 2.54. The van der Waals surface area contributed by atoms with Gasteiger partial charge in [0, 0.05) is 29.2 Å². The topological polar surface area (TPSA) is 68.2 Å². The van der Waals surface area contributed by atoms with E-state index in [0.29, 0.717) is 17.9 Å². The zero-order valence-corrected chi connectivity index (χ0v) is 13.8. The lowest BCUT2D eigenvalue weighted by Gasteiger charge is -2.34. The molecule has 3 aliphatic heterocycles. The summed E-state index contributed by atoms with van der Waals surface area (Å²) in [6.07, 6.45) is 0.0463. The van der Waals surface area contributed by atoms with Crippen LogP contribution in [0.15, 0.2) is 42.5 Å². The predicted molar refractivity (Wildman–Crippen MR) is 90.2 cm³/mol. The van der Waals surface area contributed by atoms with Crippen molar-refractivity contribution in [3.05, 3.63) is 59.2 Å². The minimum Gasteiger partial charge on any atom is -0.508 e. The molecular formula is C20H18O5. The molecule has 5 heteroatoms. The van der Waals surface area contributed by atoms with Gasteiger partial charge in [-0.1, -0.05) is 6.58 Å². The van der Waals surface area contributed by atoms with E-state index in [1.54, 1.807) is 18.2 Å². The van der Waals surface area contributed by atoms with Gasteiger partial charge in [0.15, 0.2) is 11.7 Å². The van der Waals surface area contributed by atoms with Gasteiger partial charge in [-0.25, -0.2) is 0 Å². The van der Waals surface area contributed by atoms with Crippen molar-refractivity contribution in [2.75, 3.05) is 6.61 Å². The summed E-state index contributed by atoms with van der Waals surface area (Å²) in [6, 6.07) is 8.59. The van der Waals surface area contributed by atoms with E-state index in [-0.39, 0.29) is 18.5 Å². The van der Waals surface area contributed by atoms with Crippen molar-refractivity contribution in [3.8, 4) is 23.0 Å². The summed E-state index contributed by atoms with van der Waals surface area (Å²) in [4.78, 5) is 0. The molecule has 0 amide bonds. The van der Waals surface area contributed by atoms with Crippen LogP contribution in [-0.2, 0) is 12.0 Å². The van der Waals surface area contributed by atoms with Crippen molar-refractivity contribution in [2.24, 2.45) is 0 Å². The van der Waals surface area contributed by atoms with Crippen molar-refractivity contribution in [1.82, 2.24) is 0 Å². The van der Waals surface area contributed by atoms with E-state index in [1.807, 2.05) is 19.1 Å². The van der Waals surface area contributed by atoms with Crippen LogP contribution in [0.5, 0.6) is 23.0 Å². The van der Waals surface area contributed by atoms with Crippen LogP contribution in [-0.4, -0.2) is 22.9 Å². The fraction of sp³-hybridized carbons (Fsp3) is 0.300. The number of benzene rings is 2. The van der Waals surface area contributed by atoms with E-state index in [9.17, 15) is 10.2 Å². The molecule has 0 spiro atoms. The van der Waals surface area contributed by atoms with Gasteiger partial charge in [-0.05, 0) is 36.8 Å².